The molecule has 22 heavy (non-hydrogen) atoms. The van der Waals surface area contributed by atoms with E-state index in [1.165, 1.54) is 30.5 Å². The van der Waals surface area contributed by atoms with Gasteiger partial charge in [-0.3, -0.25) is 0 Å². The van der Waals surface area contributed by atoms with E-state index in [0.717, 1.165) is 30.0 Å². The molecule has 0 saturated carbocycles. The van der Waals surface area contributed by atoms with Gasteiger partial charge in [-0.15, -0.1) is 0 Å². The fraction of sp³-hybridized carbons (Fsp3) is 0.278. The van der Waals surface area contributed by atoms with E-state index < -0.39 is 0 Å². The summed E-state index contributed by atoms with van der Waals surface area (Å²) in [5, 5.41) is 3.40. The highest BCUT2D eigenvalue weighted by molar-refractivity contribution is 5.62. The van der Waals surface area contributed by atoms with Crippen LogP contribution < -0.4 is 5.32 Å². The van der Waals surface area contributed by atoms with Crippen LogP contribution >= 0.6 is 0 Å². The molecule has 0 radical (unpaired) electrons. The van der Waals surface area contributed by atoms with Crippen LogP contribution in [-0.2, 0) is 0 Å². The Hall–Kier alpha value is -2.20. The first kappa shape index (κ1) is 13.5. The first-order valence-corrected chi connectivity index (χ1v) is 7.75. The molecule has 0 atom stereocenters. The SMILES string of the molecule is Fc1ccc(-c2cn3ccc(C4CCNCC4)cc3n2)cc1. The van der Waals surface area contributed by atoms with Crippen LogP contribution in [-0.4, -0.2) is 22.5 Å². The van der Waals surface area contributed by atoms with Crippen molar-refractivity contribution < 1.29 is 4.39 Å². The number of nitrogens with one attached hydrogen (secondary N) is 1. The molecule has 1 aromatic carbocycles. The van der Waals surface area contributed by atoms with Crippen molar-refractivity contribution in [3.63, 3.8) is 0 Å². The summed E-state index contributed by atoms with van der Waals surface area (Å²) in [4.78, 5) is 4.69. The molecule has 4 heteroatoms. The average Bonchev–Trinajstić information content (AvgIpc) is 2.99. The van der Waals surface area contributed by atoms with Gasteiger partial charge in [0.1, 0.15) is 11.5 Å². The van der Waals surface area contributed by atoms with Crippen LogP contribution in [0.4, 0.5) is 4.39 Å². The lowest BCUT2D eigenvalue weighted by Crippen LogP contribution is -2.26. The first-order valence-electron chi connectivity index (χ1n) is 7.75. The highest BCUT2D eigenvalue weighted by Crippen LogP contribution is 2.27. The lowest BCUT2D eigenvalue weighted by molar-refractivity contribution is 0.460. The van der Waals surface area contributed by atoms with Gasteiger partial charge >= 0.3 is 0 Å². The molecule has 3 aromatic rings. The molecule has 3 nitrogen and oxygen atoms in total. The van der Waals surface area contributed by atoms with Crippen LogP contribution in [0.15, 0.2) is 48.8 Å². The molecule has 112 valence electrons. The van der Waals surface area contributed by atoms with Crippen molar-refractivity contribution in [2.24, 2.45) is 0 Å². The Balaban J connectivity index is 1.69. The van der Waals surface area contributed by atoms with Gasteiger partial charge in [-0.05, 0) is 73.8 Å². The van der Waals surface area contributed by atoms with Gasteiger partial charge in [0.15, 0.2) is 0 Å². The number of fused-ring (bicyclic) bond motifs is 1. The molecule has 0 spiro atoms. The van der Waals surface area contributed by atoms with Crippen LogP contribution in [0.25, 0.3) is 16.9 Å². The van der Waals surface area contributed by atoms with E-state index in [2.05, 4.69) is 23.6 Å². The van der Waals surface area contributed by atoms with Crippen LogP contribution in [0.5, 0.6) is 0 Å². The molecule has 1 saturated heterocycles. The van der Waals surface area contributed by atoms with Gasteiger partial charge in [0.25, 0.3) is 0 Å². The summed E-state index contributed by atoms with van der Waals surface area (Å²) >= 11 is 0. The molecule has 2 aromatic heterocycles. The van der Waals surface area contributed by atoms with Crippen molar-refractivity contribution in [1.29, 1.82) is 0 Å². The van der Waals surface area contributed by atoms with Crippen molar-refractivity contribution in [2.45, 2.75) is 18.8 Å². The maximum atomic E-state index is 13.0. The molecule has 1 aliphatic rings. The Morgan fingerprint density at radius 1 is 1.09 bits per heavy atom. The normalized spacial score (nSPS) is 16.2. The van der Waals surface area contributed by atoms with Crippen molar-refractivity contribution in [3.05, 3.63) is 60.2 Å². The molecule has 0 unspecified atom stereocenters. The Kier molecular flexibility index (Phi) is 3.39. The number of imidazole rings is 1. The van der Waals surface area contributed by atoms with Gasteiger partial charge in [0, 0.05) is 18.0 Å². The topological polar surface area (TPSA) is 29.3 Å². The first-order chi connectivity index (χ1) is 10.8. The Bertz CT molecular complexity index is 786. The number of rotatable bonds is 2. The number of piperidine rings is 1. The van der Waals surface area contributed by atoms with Crippen molar-refractivity contribution in [1.82, 2.24) is 14.7 Å². The molecule has 3 heterocycles. The summed E-state index contributed by atoms with van der Waals surface area (Å²) in [5.74, 6) is 0.401. The standard InChI is InChI=1S/C18H18FN3/c19-16-3-1-14(2-4-16)17-12-22-10-7-15(11-18(22)21-17)13-5-8-20-9-6-13/h1-4,7,10-13,20H,5-6,8-9H2. The highest BCUT2D eigenvalue weighted by atomic mass is 19.1. The summed E-state index contributed by atoms with van der Waals surface area (Å²) in [7, 11) is 0. The van der Waals surface area contributed by atoms with E-state index in [-0.39, 0.29) is 5.82 Å². The lowest BCUT2D eigenvalue weighted by Gasteiger charge is -2.22. The van der Waals surface area contributed by atoms with E-state index in [1.54, 1.807) is 12.1 Å². The molecular formula is C18H18FN3. The number of benzene rings is 1. The maximum absolute atomic E-state index is 13.0. The monoisotopic (exact) mass is 295 g/mol. The smallest absolute Gasteiger partial charge is 0.137 e. The molecule has 4 rings (SSSR count). The fourth-order valence-electron chi connectivity index (χ4n) is 3.17. The number of nitrogens with zero attached hydrogens (tertiary/aromatic N) is 2. The average molecular weight is 295 g/mol. The van der Waals surface area contributed by atoms with Gasteiger partial charge in [0.2, 0.25) is 0 Å². The minimum atomic E-state index is -0.222. The Morgan fingerprint density at radius 3 is 2.64 bits per heavy atom. The van der Waals surface area contributed by atoms with Crippen molar-refractivity contribution in [3.8, 4) is 11.3 Å². The third kappa shape index (κ3) is 2.50. The molecule has 1 N–H and O–H groups in total. The summed E-state index contributed by atoms with van der Waals surface area (Å²) in [6.45, 7) is 2.18. The highest BCUT2D eigenvalue weighted by Gasteiger charge is 2.16. The second-order valence-electron chi connectivity index (χ2n) is 5.88. The zero-order valence-electron chi connectivity index (χ0n) is 12.3. The van der Waals surface area contributed by atoms with Crippen LogP contribution in [0.1, 0.15) is 24.3 Å². The summed E-state index contributed by atoms with van der Waals surface area (Å²) < 4.78 is 15.1. The van der Waals surface area contributed by atoms with Gasteiger partial charge in [0.05, 0.1) is 5.69 Å². The van der Waals surface area contributed by atoms with E-state index in [0.29, 0.717) is 5.92 Å². The number of aromatic nitrogens is 2. The molecule has 1 aliphatic heterocycles. The summed E-state index contributed by atoms with van der Waals surface area (Å²) in [6.07, 6.45) is 6.44. The van der Waals surface area contributed by atoms with E-state index in [9.17, 15) is 4.39 Å². The molecular weight excluding hydrogens is 277 g/mol. The van der Waals surface area contributed by atoms with Gasteiger partial charge in [-0.1, -0.05) is 0 Å². The van der Waals surface area contributed by atoms with E-state index in [1.807, 2.05) is 10.6 Å². The van der Waals surface area contributed by atoms with Crippen LogP contribution in [0.2, 0.25) is 0 Å². The predicted molar refractivity (Wildman–Crippen MR) is 85.4 cm³/mol. The molecule has 0 amide bonds. The Morgan fingerprint density at radius 2 is 1.86 bits per heavy atom. The van der Waals surface area contributed by atoms with Crippen molar-refractivity contribution in [2.75, 3.05) is 13.1 Å². The van der Waals surface area contributed by atoms with Crippen LogP contribution in [0.3, 0.4) is 0 Å². The van der Waals surface area contributed by atoms with Gasteiger partial charge < -0.3 is 9.72 Å². The number of hydrogen-bond acceptors (Lipinski definition) is 2. The quantitative estimate of drug-likeness (QED) is 0.782. The molecule has 0 bridgehead atoms. The number of halogens is 1. The predicted octanol–water partition coefficient (Wildman–Crippen LogP) is 3.61. The van der Waals surface area contributed by atoms with Gasteiger partial charge in [-0.25, -0.2) is 9.37 Å². The number of hydrogen-bond donors (Lipinski definition) is 1. The molecule has 1 fully saturated rings. The molecule has 0 aliphatic carbocycles. The lowest BCUT2D eigenvalue weighted by atomic mass is 9.91. The van der Waals surface area contributed by atoms with Gasteiger partial charge in [-0.2, -0.15) is 0 Å². The maximum Gasteiger partial charge on any atom is 0.137 e. The minimum Gasteiger partial charge on any atom is -0.317 e. The number of pyridine rings is 1. The van der Waals surface area contributed by atoms with Crippen LogP contribution in [0, 0.1) is 5.82 Å². The minimum absolute atomic E-state index is 0.222. The Labute approximate surface area is 128 Å². The zero-order valence-corrected chi connectivity index (χ0v) is 12.3. The summed E-state index contributed by atoms with van der Waals surface area (Å²) in [6, 6.07) is 10.9. The van der Waals surface area contributed by atoms with E-state index >= 15 is 0 Å². The zero-order chi connectivity index (χ0) is 14.9. The fourth-order valence-corrected chi connectivity index (χ4v) is 3.17. The second kappa shape index (κ2) is 5.54. The summed E-state index contributed by atoms with van der Waals surface area (Å²) in [5.41, 5.74) is 4.14. The third-order valence-electron chi connectivity index (χ3n) is 4.43. The van der Waals surface area contributed by atoms with E-state index in [4.69, 9.17) is 4.98 Å². The van der Waals surface area contributed by atoms with Crippen molar-refractivity contribution >= 4 is 5.65 Å². The third-order valence-corrected chi connectivity index (χ3v) is 4.43. The largest absolute Gasteiger partial charge is 0.317 e. The second-order valence-corrected chi connectivity index (χ2v) is 5.88.